The zero-order valence-corrected chi connectivity index (χ0v) is 22.0. The van der Waals surface area contributed by atoms with E-state index in [2.05, 4.69) is 17.0 Å². The molecule has 7 heteroatoms. The van der Waals surface area contributed by atoms with Gasteiger partial charge in [0.2, 0.25) is 0 Å². The molecule has 0 radical (unpaired) electrons. The summed E-state index contributed by atoms with van der Waals surface area (Å²) in [4.78, 5) is 2.63. The number of sulfone groups is 1. The first-order valence-corrected chi connectivity index (χ1v) is 14.7. The number of benzene rings is 2. The van der Waals surface area contributed by atoms with Gasteiger partial charge in [-0.05, 0) is 111 Å². The van der Waals surface area contributed by atoms with E-state index in [-0.39, 0.29) is 24.0 Å². The van der Waals surface area contributed by atoms with E-state index in [0.717, 1.165) is 56.5 Å². The number of aryl methyl sites for hydroxylation is 1. The molecule has 5 rings (SSSR count). The summed E-state index contributed by atoms with van der Waals surface area (Å²) in [6, 6.07) is 13.8. The molecule has 0 amide bonds. The van der Waals surface area contributed by atoms with Gasteiger partial charge in [0, 0.05) is 12.0 Å². The third kappa shape index (κ3) is 6.99. The molecule has 2 aliphatic carbocycles. The van der Waals surface area contributed by atoms with Crippen LogP contribution in [0.5, 0.6) is 5.75 Å². The minimum absolute atomic E-state index is 0. The second kappa shape index (κ2) is 11.6. The summed E-state index contributed by atoms with van der Waals surface area (Å²) in [5.41, 5.74) is 3.71. The Morgan fingerprint density at radius 1 is 1.03 bits per heavy atom. The van der Waals surface area contributed by atoms with E-state index < -0.39 is 9.84 Å². The van der Waals surface area contributed by atoms with Crippen LogP contribution in [0.1, 0.15) is 61.1 Å². The molecule has 2 atom stereocenters. The first-order chi connectivity index (χ1) is 16.5. The summed E-state index contributed by atoms with van der Waals surface area (Å²) in [5.74, 6) is 1.86. The number of halogens is 2. The van der Waals surface area contributed by atoms with Gasteiger partial charge in [0.15, 0.2) is 9.84 Å². The molecule has 2 aromatic rings. The molecule has 2 fully saturated rings. The van der Waals surface area contributed by atoms with Crippen molar-refractivity contribution in [2.75, 3.05) is 31.2 Å². The number of hydrogen-bond acceptors (Lipinski definition) is 4. The standard InChI is InChI=1S/C28H36FNO3S.ClH/c29-24-6-3-5-22(17-24)18-27-26-19-25(33-15-4-16-34(31,32)20-21-7-8-21)11-9-23(26)10-12-28(27)30-13-1-2-14-30;/h3,5-6,9,11,17,19,21,27-28H,1-2,4,7-8,10,12-16,18,20H2;1H. The molecule has 1 saturated heterocycles. The Labute approximate surface area is 215 Å². The Morgan fingerprint density at radius 3 is 2.57 bits per heavy atom. The maximum absolute atomic E-state index is 13.9. The van der Waals surface area contributed by atoms with E-state index in [1.165, 1.54) is 30.0 Å². The lowest BCUT2D eigenvalue weighted by molar-refractivity contribution is 0.188. The van der Waals surface area contributed by atoms with Crippen LogP contribution in [0.15, 0.2) is 42.5 Å². The Bertz CT molecular complexity index is 1100. The third-order valence-electron chi connectivity index (χ3n) is 7.70. The maximum Gasteiger partial charge on any atom is 0.150 e. The predicted octanol–water partition coefficient (Wildman–Crippen LogP) is 5.58. The SMILES string of the molecule is Cl.O=S(=O)(CCCOc1ccc2c(c1)C(Cc1cccc(F)c1)C(N1CCCC1)CC2)CC1CC1. The van der Waals surface area contributed by atoms with Crippen molar-refractivity contribution in [2.24, 2.45) is 5.92 Å². The van der Waals surface area contributed by atoms with Gasteiger partial charge < -0.3 is 4.74 Å². The van der Waals surface area contributed by atoms with Crippen molar-refractivity contribution in [3.63, 3.8) is 0 Å². The van der Waals surface area contributed by atoms with Gasteiger partial charge in [-0.3, -0.25) is 4.90 Å². The van der Waals surface area contributed by atoms with E-state index in [0.29, 0.717) is 36.7 Å². The fraction of sp³-hybridized carbons (Fsp3) is 0.571. The molecular formula is C28H37ClFNO3S. The number of fused-ring (bicyclic) bond motifs is 1. The quantitative estimate of drug-likeness (QED) is 0.383. The van der Waals surface area contributed by atoms with Crippen LogP contribution in [0.2, 0.25) is 0 Å². The monoisotopic (exact) mass is 521 g/mol. The molecule has 1 heterocycles. The second-order valence-electron chi connectivity index (χ2n) is 10.4. The predicted molar refractivity (Wildman–Crippen MR) is 141 cm³/mol. The van der Waals surface area contributed by atoms with Crippen molar-refractivity contribution < 1.29 is 17.5 Å². The summed E-state index contributed by atoms with van der Waals surface area (Å²) in [6.07, 6.45) is 8.14. The first-order valence-electron chi connectivity index (χ1n) is 12.9. The van der Waals surface area contributed by atoms with Crippen molar-refractivity contribution in [1.82, 2.24) is 4.90 Å². The zero-order chi connectivity index (χ0) is 23.5. The number of ether oxygens (including phenoxy) is 1. The minimum atomic E-state index is -2.97. The average molecular weight is 522 g/mol. The molecule has 1 saturated carbocycles. The number of nitrogens with zero attached hydrogens (tertiary/aromatic N) is 1. The van der Waals surface area contributed by atoms with E-state index in [9.17, 15) is 12.8 Å². The smallest absolute Gasteiger partial charge is 0.150 e. The largest absolute Gasteiger partial charge is 0.494 e. The molecule has 2 aromatic carbocycles. The first kappa shape index (κ1) is 26.4. The molecule has 2 unspecified atom stereocenters. The molecule has 1 aliphatic heterocycles. The molecule has 35 heavy (non-hydrogen) atoms. The van der Waals surface area contributed by atoms with Gasteiger partial charge in [-0.25, -0.2) is 12.8 Å². The molecular weight excluding hydrogens is 485 g/mol. The van der Waals surface area contributed by atoms with Gasteiger partial charge in [0.05, 0.1) is 18.1 Å². The van der Waals surface area contributed by atoms with Crippen LogP contribution in [0.25, 0.3) is 0 Å². The molecule has 192 valence electrons. The maximum atomic E-state index is 13.9. The number of hydrogen-bond donors (Lipinski definition) is 0. The lowest BCUT2D eigenvalue weighted by Gasteiger charge is -2.39. The van der Waals surface area contributed by atoms with Gasteiger partial charge in [0.1, 0.15) is 11.6 Å². The highest BCUT2D eigenvalue weighted by Crippen LogP contribution is 2.40. The third-order valence-corrected chi connectivity index (χ3v) is 9.59. The lowest BCUT2D eigenvalue weighted by atomic mass is 9.75. The van der Waals surface area contributed by atoms with Crippen LogP contribution in [0.4, 0.5) is 4.39 Å². The fourth-order valence-electron chi connectivity index (χ4n) is 5.82. The van der Waals surface area contributed by atoms with Crippen LogP contribution in [0.3, 0.4) is 0 Å². The highest BCUT2D eigenvalue weighted by Gasteiger charge is 2.35. The summed E-state index contributed by atoms with van der Waals surface area (Å²) < 4.78 is 44.4. The van der Waals surface area contributed by atoms with Crippen molar-refractivity contribution in [3.05, 3.63) is 65.0 Å². The van der Waals surface area contributed by atoms with E-state index in [1.54, 1.807) is 12.1 Å². The molecule has 0 aromatic heterocycles. The fourth-order valence-corrected chi connectivity index (χ4v) is 7.59. The highest BCUT2D eigenvalue weighted by molar-refractivity contribution is 7.91. The van der Waals surface area contributed by atoms with Crippen LogP contribution >= 0.6 is 12.4 Å². The van der Waals surface area contributed by atoms with Gasteiger partial charge in [0.25, 0.3) is 0 Å². The Hall–Kier alpha value is -1.63. The molecule has 3 aliphatic rings. The minimum Gasteiger partial charge on any atom is -0.494 e. The topological polar surface area (TPSA) is 46.6 Å². The Morgan fingerprint density at radius 2 is 1.83 bits per heavy atom. The highest BCUT2D eigenvalue weighted by atomic mass is 35.5. The molecule has 0 N–H and O–H groups in total. The average Bonchev–Trinajstić information content (AvgIpc) is 3.44. The molecule has 0 bridgehead atoms. The zero-order valence-electron chi connectivity index (χ0n) is 20.3. The van der Waals surface area contributed by atoms with Crippen molar-refractivity contribution in [3.8, 4) is 5.75 Å². The van der Waals surface area contributed by atoms with Crippen LogP contribution in [-0.4, -0.2) is 50.6 Å². The molecule has 4 nitrogen and oxygen atoms in total. The van der Waals surface area contributed by atoms with E-state index in [1.807, 2.05) is 12.1 Å². The summed E-state index contributed by atoms with van der Waals surface area (Å²) in [7, 11) is -2.97. The number of rotatable bonds is 10. The summed E-state index contributed by atoms with van der Waals surface area (Å²) >= 11 is 0. The van der Waals surface area contributed by atoms with Crippen LogP contribution in [-0.2, 0) is 22.7 Å². The summed E-state index contributed by atoms with van der Waals surface area (Å²) in [5, 5.41) is 0. The van der Waals surface area contributed by atoms with E-state index >= 15 is 0 Å². The van der Waals surface area contributed by atoms with Crippen molar-refractivity contribution in [1.29, 1.82) is 0 Å². The van der Waals surface area contributed by atoms with Gasteiger partial charge >= 0.3 is 0 Å². The molecule has 0 spiro atoms. The van der Waals surface area contributed by atoms with Crippen molar-refractivity contribution in [2.45, 2.75) is 63.3 Å². The summed E-state index contributed by atoms with van der Waals surface area (Å²) in [6.45, 7) is 2.70. The lowest BCUT2D eigenvalue weighted by Crippen LogP contribution is -2.41. The van der Waals surface area contributed by atoms with Crippen LogP contribution < -0.4 is 4.74 Å². The van der Waals surface area contributed by atoms with Crippen molar-refractivity contribution >= 4 is 22.2 Å². The Balaban J connectivity index is 0.00000289. The van der Waals surface area contributed by atoms with Gasteiger partial charge in [-0.1, -0.05) is 18.2 Å². The van der Waals surface area contributed by atoms with Gasteiger partial charge in [-0.15, -0.1) is 12.4 Å². The number of likely N-dealkylation sites (tertiary alicyclic amines) is 1. The second-order valence-corrected chi connectivity index (χ2v) is 12.6. The normalized spacial score (nSPS) is 22.4. The van der Waals surface area contributed by atoms with Crippen LogP contribution in [0, 0.1) is 11.7 Å². The Kier molecular flexibility index (Phi) is 8.77. The van der Waals surface area contributed by atoms with E-state index in [4.69, 9.17) is 4.74 Å². The van der Waals surface area contributed by atoms with Gasteiger partial charge in [-0.2, -0.15) is 0 Å².